The van der Waals surface area contributed by atoms with Crippen LogP contribution in [0.5, 0.6) is 0 Å². The lowest BCUT2D eigenvalue weighted by molar-refractivity contribution is -0.130. The van der Waals surface area contributed by atoms with Crippen molar-refractivity contribution in [1.29, 1.82) is 0 Å². The van der Waals surface area contributed by atoms with Gasteiger partial charge in [-0.25, -0.2) is 4.79 Å². The molecule has 0 aromatic heterocycles. The van der Waals surface area contributed by atoms with E-state index >= 15 is 0 Å². The number of amides is 3. The van der Waals surface area contributed by atoms with Gasteiger partial charge in [0, 0.05) is 38.6 Å². The van der Waals surface area contributed by atoms with Crippen LogP contribution in [0, 0.1) is 11.8 Å². The van der Waals surface area contributed by atoms with Crippen molar-refractivity contribution in [3.05, 3.63) is 0 Å². The van der Waals surface area contributed by atoms with Crippen LogP contribution in [0.25, 0.3) is 0 Å². The third-order valence-electron chi connectivity index (χ3n) is 6.96. The van der Waals surface area contributed by atoms with E-state index in [1.165, 1.54) is 25.9 Å². The van der Waals surface area contributed by atoms with Crippen molar-refractivity contribution < 1.29 is 9.59 Å². The number of hydrogen-bond acceptors (Lipinski definition) is 3. The number of piperidine rings is 4. The largest absolute Gasteiger partial charge is 0.349 e. The fourth-order valence-electron chi connectivity index (χ4n) is 5.29. The van der Waals surface area contributed by atoms with E-state index in [0.717, 1.165) is 58.4 Å². The Morgan fingerprint density at radius 1 is 0.880 bits per heavy atom. The molecule has 5 fully saturated rings. The van der Waals surface area contributed by atoms with Crippen LogP contribution >= 0.6 is 0 Å². The van der Waals surface area contributed by atoms with Crippen LogP contribution in [0.15, 0.2) is 0 Å². The summed E-state index contributed by atoms with van der Waals surface area (Å²) in [5.41, 5.74) is -0.0594. The van der Waals surface area contributed by atoms with Crippen molar-refractivity contribution in [2.45, 2.75) is 51.0 Å². The molecule has 25 heavy (non-hydrogen) atoms. The zero-order chi connectivity index (χ0) is 17.4. The highest BCUT2D eigenvalue weighted by atomic mass is 16.2. The molecule has 5 rings (SSSR count). The van der Waals surface area contributed by atoms with Crippen molar-refractivity contribution in [2.75, 3.05) is 45.8 Å². The van der Waals surface area contributed by atoms with E-state index in [2.05, 4.69) is 17.1 Å². The number of carbonyl (C=O) groups excluding carboxylic acids is 2. The molecule has 5 aliphatic heterocycles. The number of fused-ring (bicyclic) bond motifs is 3. The summed E-state index contributed by atoms with van der Waals surface area (Å²) in [5, 5.41) is 3.40. The molecule has 3 amide bonds. The van der Waals surface area contributed by atoms with Gasteiger partial charge in [0.15, 0.2) is 0 Å². The van der Waals surface area contributed by atoms with Crippen LogP contribution in [0.1, 0.15) is 45.4 Å². The molecular formula is C19H32N4O2. The Morgan fingerprint density at radius 3 is 2.04 bits per heavy atom. The minimum atomic E-state index is -0.0594. The van der Waals surface area contributed by atoms with Crippen LogP contribution in [-0.4, -0.2) is 78.0 Å². The zero-order valence-electron chi connectivity index (χ0n) is 15.5. The Balaban J connectivity index is 1.29. The number of likely N-dealkylation sites (tertiary alicyclic amines) is 2. The summed E-state index contributed by atoms with van der Waals surface area (Å²) in [6.45, 7) is 8.84. The van der Waals surface area contributed by atoms with E-state index in [1.54, 1.807) is 0 Å². The number of hydrogen-bond donors (Lipinski definition) is 1. The molecule has 6 nitrogen and oxygen atoms in total. The fraction of sp³-hybridized carbons (Fsp3) is 0.895. The molecule has 0 aromatic carbocycles. The number of nitrogens with zero attached hydrogens (tertiary/aromatic N) is 3. The van der Waals surface area contributed by atoms with Gasteiger partial charge in [-0.2, -0.15) is 0 Å². The van der Waals surface area contributed by atoms with Gasteiger partial charge in [0.1, 0.15) is 0 Å². The third kappa shape index (κ3) is 3.37. The molecule has 140 valence electrons. The molecule has 0 aliphatic carbocycles. The normalized spacial score (nSPS) is 35.9. The Bertz CT molecular complexity index is 518. The van der Waals surface area contributed by atoms with Crippen LogP contribution in [0.4, 0.5) is 4.79 Å². The van der Waals surface area contributed by atoms with Gasteiger partial charge in [0.05, 0.1) is 5.54 Å². The summed E-state index contributed by atoms with van der Waals surface area (Å²) in [4.78, 5) is 31.7. The highest BCUT2D eigenvalue weighted by Gasteiger charge is 2.45. The SMILES string of the molecule is CC1(NC(=O)C2CCN(C(=O)N3CCCC3)CC2)CN2CCC1CC2. The second kappa shape index (κ2) is 6.78. The smallest absolute Gasteiger partial charge is 0.319 e. The maximum atomic E-state index is 12.8. The molecule has 0 spiro atoms. The first kappa shape index (κ1) is 17.1. The lowest BCUT2D eigenvalue weighted by Crippen LogP contribution is -2.66. The van der Waals surface area contributed by atoms with Crippen molar-refractivity contribution >= 4 is 11.9 Å². The van der Waals surface area contributed by atoms with Gasteiger partial charge in [-0.3, -0.25) is 4.79 Å². The average molecular weight is 348 g/mol. The van der Waals surface area contributed by atoms with Gasteiger partial charge in [0.25, 0.3) is 0 Å². The number of nitrogens with one attached hydrogen (secondary N) is 1. The van der Waals surface area contributed by atoms with Gasteiger partial charge >= 0.3 is 6.03 Å². The second-order valence-electron chi connectivity index (χ2n) is 8.70. The molecule has 0 radical (unpaired) electrons. The first-order chi connectivity index (χ1) is 12.0. The monoisotopic (exact) mass is 348 g/mol. The van der Waals surface area contributed by atoms with Crippen LogP contribution in [-0.2, 0) is 4.79 Å². The predicted octanol–water partition coefficient (Wildman–Crippen LogP) is 1.51. The molecule has 1 N–H and O–H groups in total. The molecule has 5 heterocycles. The van der Waals surface area contributed by atoms with Gasteiger partial charge in [0.2, 0.25) is 5.91 Å². The summed E-state index contributed by atoms with van der Waals surface area (Å²) in [5.74, 6) is 0.901. The molecule has 0 aromatic rings. The molecule has 6 heteroatoms. The van der Waals surface area contributed by atoms with Crippen LogP contribution < -0.4 is 5.32 Å². The van der Waals surface area contributed by atoms with Gasteiger partial charge in [-0.1, -0.05) is 0 Å². The van der Waals surface area contributed by atoms with Gasteiger partial charge in [-0.05, 0) is 64.5 Å². The minimum absolute atomic E-state index is 0.0594. The summed E-state index contributed by atoms with van der Waals surface area (Å²) in [6, 6.07) is 0.181. The second-order valence-corrected chi connectivity index (χ2v) is 8.70. The van der Waals surface area contributed by atoms with E-state index in [9.17, 15) is 9.59 Å². The van der Waals surface area contributed by atoms with Crippen molar-refractivity contribution in [3.63, 3.8) is 0 Å². The minimum Gasteiger partial charge on any atom is -0.349 e. The van der Waals surface area contributed by atoms with Crippen LogP contribution in [0.3, 0.4) is 0 Å². The third-order valence-corrected chi connectivity index (χ3v) is 6.96. The van der Waals surface area contributed by atoms with E-state index in [4.69, 9.17) is 0 Å². The molecule has 0 saturated carbocycles. The predicted molar refractivity (Wildman–Crippen MR) is 96.2 cm³/mol. The molecule has 2 bridgehead atoms. The number of rotatable bonds is 2. The Morgan fingerprint density at radius 2 is 1.48 bits per heavy atom. The van der Waals surface area contributed by atoms with Crippen LogP contribution in [0.2, 0.25) is 0 Å². The quantitative estimate of drug-likeness (QED) is 0.823. The highest BCUT2D eigenvalue weighted by molar-refractivity contribution is 5.80. The average Bonchev–Trinajstić information content (AvgIpc) is 3.16. The maximum absolute atomic E-state index is 12.8. The molecule has 5 saturated heterocycles. The maximum Gasteiger partial charge on any atom is 0.319 e. The standard InChI is InChI=1S/C19H32N4O2/c1-19(14-21-10-6-16(19)7-11-21)20-17(24)15-4-12-23(13-5-15)18(25)22-8-2-3-9-22/h15-16H,2-14H2,1H3,(H,20,24). The summed E-state index contributed by atoms with van der Waals surface area (Å²) in [6.07, 6.45) is 6.27. The Kier molecular flexibility index (Phi) is 4.65. The van der Waals surface area contributed by atoms with E-state index in [0.29, 0.717) is 5.92 Å². The topological polar surface area (TPSA) is 55.9 Å². The van der Waals surface area contributed by atoms with E-state index in [1.807, 2.05) is 9.80 Å². The Labute approximate surface area is 150 Å². The summed E-state index contributed by atoms with van der Waals surface area (Å²) < 4.78 is 0. The van der Waals surface area contributed by atoms with Crippen molar-refractivity contribution in [3.8, 4) is 0 Å². The van der Waals surface area contributed by atoms with Crippen molar-refractivity contribution in [1.82, 2.24) is 20.0 Å². The number of urea groups is 1. The fourth-order valence-corrected chi connectivity index (χ4v) is 5.29. The summed E-state index contributed by atoms with van der Waals surface area (Å²) >= 11 is 0. The van der Waals surface area contributed by atoms with Gasteiger partial charge < -0.3 is 20.0 Å². The molecule has 1 unspecified atom stereocenters. The first-order valence-corrected chi connectivity index (χ1v) is 10.1. The molecule has 1 atom stereocenters. The van der Waals surface area contributed by atoms with E-state index < -0.39 is 0 Å². The van der Waals surface area contributed by atoms with Gasteiger partial charge in [-0.15, -0.1) is 0 Å². The van der Waals surface area contributed by atoms with Crippen molar-refractivity contribution in [2.24, 2.45) is 11.8 Å². The highest BCUT2D eigenvalue weighted by Crippen LogP contribution is 2.35. The lowest BCUT2D eigenvalue weighted by Gasteiger charge is -2.52. The summed E-state index contributed by atoms with van der Waals surface area (Å²) in [7, 11) is 0. The van der Waals surface area contributed by atoms with E-state index in [-0.39, 0.29) is 23.4 Å². The molecular weight excluding hydrogens is 316 g/mol. The lowest BCUT2D eigenvalue weighted by atomic mass is 9.73. The zero-order valence-corrected chi connectivity index (χ0v) is 15.5. The molecule has 5 aliphatic rings. The Hall–Kier alpha value is -1.30. The first-order valence-electron chi connectivity index (χ1n) is 10.1. The number of carbonyl (C=O) groups is 2.